The van der Waals surface area contributed by atoms with Gasteiger partial charge in [-0.15, -0.1) is 0 Å². The minimum atomic E-state index is 0.0659. The van der Waals surface area contributed by atoms with Gasteiger partial charge in [0.25, 0.3) is 0 Å². The Hall–Kier alpha value is -2.04. The molecule has 0 spiro atoms. The second-order valence-corrected chi connectivity index (χ2v) is 8.93. The molecule has 168 valence electrons. The van der Waals surface area contributed by atoms with Crippen LogP contribution in [0.25, 0.3) is 0 Å². The molecule has 2 saturated heterocycles. The monoisotopic (exact) mass is 422 g/mol. The smallest absolute Gasteiger partial charge is 0.125 e. The van der Waals surface area contributed by atoms with E-state index in [2.05, 4.69) is 34.1 Å². The van der Waals surface area contributed by atoms with Gasteiger partial charge < -0.3 is 19.3 Å². The number of hydrogen-bond donors (Lipinski definition) is 0. The fourth-order valence-corrected chi connectivity index (χ4v) is 4.70. The maximum Gasteiger partial charge on any atom is 0.125 e. The average Bonchev–Trinajstić information content (AvgIpc) is 3.35. The number of benzene rings is 2. The predicted octanol–water partition coefficient (Wildman–Crippen LogP) is 5.55. The van der Waals surface area contributed by atoms with E-state index in [0.717, 1.165) is 44.0 Å². The van der Waals surface area contributed by atoms with Gasteiger partial charge in [-0.3, -0.25) is 0 Å². The first kappa shape index (κ1) is 22.2. The molecule has 2 heterocycles. The summed E-state index contributed by atoms with van der Waals surface area (Å²) in [6.45, 7) is 8.00. The summed E-state index contributed by atoms with van der Waals surface area (Å²) >= 11 is 0. The number of para-hydroxylation sites is 1. The van der Waals surface area contributed by atoms with Crippen LogP contribution < -0.4 is 9.47 Å². The molecular formula is C27H38N2O2. The molecule has 4 heteroatoms. The number of likely N-dealkylation sites (tertiary alicyclic amines) is 2. The standard InChI is InChI=1S/C27H38N2O2/c1-3-10-26(11-4-1)31-27(16-22-29-19-7-8-20-29)24-12-14-25(15-13-24)30-23-9-21-28-17-5-2-6-18-28/h1,3-4,10-15,27H,2,5-9,16-23H2. The Morgan fingerprint density at radius 3 is 2.03 bits per heavy atom. The second kappa shape index (κ2) is 12.1. The molecule has 4 nitrogen and oxygen atoms in total. The summed E-state index contributed by atoms with van der Waals surface area (Å²) in [5, 5.41) is 0. The lowest BCUT2D eigenvalue weighted by Gasteiger charge is -2.26. The van der Waals surface area contributed by atoms with Gasteiger partial charge in [0.05, 0.1) is 6.61 Å². The van der Waals surface area contributed by atoms with Crippen molar-refractivity contribution in [3.8, 4) is 11.5 Å². The van der Waals surface area contributed by atoms with Crippen LogP contribution in [0.15, 0.2) is 54.6 Å². The Balaban J connectivity index is 1.29. The number of rotatable bonds is 11. The minimum Gasteiger partial charge on any atom is -0.494 e. The molecule has 2 fully saturated rings. The molecule has 0 N–H and O–H groups in total. The third kappa shape index (κ3) is 7.26. The predicted molar refractivity (Wildman–Crippen MR) is 127 cm³/mol. The zero-order valence-electron chi connectivity index (χ0n) is 18.9. The van der Waals surface area contributed by atoms with E-state index in [1.807, 2.05) is 30.3 Å². The van der Waals surface area contributed by atoms with Crippen LogP contribution in [-0.4, -0.2) is 55.7 Å². The maximum atomic E-state index is 6.39. The van der Waals surface area contributed by atoms with Gasteiger partial charge in [-0.1, -0.05) is 36.8 Å². The summed E-state index contributed by atoms with van der Waals surface area (Å²) < 4.78 is 12.4. The van der Waals surface area contributed by atoms with Gasteiger partial charge in [0.2, 0.25) is 0 Å². The van der Waals surface area contributed by atoms with Crippen molar-refractivity contribution in [1.29, 1.82) is 0 Å². The Kier molecular flexibility index (Phi) is 8.66. The van der Waals surface area contributed by atoms with Crippen molar-refractivity contribution >= 4 is 0 Å². The zero-order valence-corrected chi connectivity index (χ0v) is 18.9. The minimum absolute atomic E-state index is 0.0659. The molecule has 0 bridgehead atoms. The first-order chi connectivity index (χ1) is 15.4. The topological polar surface area (TPSA) is 24.9 Å². The van der Waals surface area contributed by atoms with Crippen LogP contribution in [0.3, 0.4) is 0 Å². The van der Waals surface area contributed by atoms with Crippen molar-refractivity contribution in [3.05, 3.63) is 60.2 Å². The highest BCUT2D eigenvalue weighted by Gasteiger charge is 2.18. The molecule has 1 unspecified atom stereocenters. The number of hydrogen-bond acceptors (Lipinski definition) is 4. The maximum absolute atomic E-state index is 6.39. The summed E-state index contributed by atoms with van der Waals surface area (Å²) in [6, 6.07) is 18.8. The lowest BCUT2D eigenvalue weighted by Crippen LogP contribution is -2.31. The van der Waals surface area contributed by atoms with E-state index in [9.17, 15) is 0 Å². The fourth-order valence-electron chi connectivity index (χ4n) is 4.70. The molecule has 0 saturated carbocycles. The van der Waals surface area contributed by atoms with Crippen LogP contribution in [0.4, 0.5) is 0 Å². The first-order valence-electron chi connectivity index (χ1n) is 12.3. The van der Waals surface area contributed by atoms with Crippen molar-refractivity contribution in [1.82, 2.24) is 9.80 Å². The van der Waals surface area contributed by atoms with Gasteiger partial charge >= 0.3 is 0 Å². The average molecular weight is 423 g/mol. The van der Waals surface area contributed by atoms with Gasteiger partial charge in [-0.2, -0.15) is 0 Å². The number of ether oxygens (including phenoxy) is 2. The van der Waals surface area contributed by atoms with E-state index in [1.54, 1.807) is 0 Å². The quantitative estimate of drug-likeness (QED) is 0.444. The molecule has 2 aromatic rings. The van der Waals surface area contributed by atoms with E-state index in [-0.39, 0.29) is 6.10 Å². The largest absolute Gasteiger partial charge is 0.494 e. The Morgan fingerprint density at radius 2 is 1.32 bits per heavy atom. The molecule has 2 aliphatic heterocycles. The highest BCUT2D eigenvalue weighted by Crippen LogP contribution is 2.27. The molecule has 0 radical (unpaired) electrons. The summed E-state index contributed by atoms with van der Waals surface area (Å²) in [5.74, 6) is 1.90. The summed E-state index contributed by atoms with van der Waals surface area (Å²) in [5.41, 5.74) is 1.23. The highest BCUT2D eigenvalue weighted by molar-refractivity contribution is 5.30. The fraction of sp³-hybridized carbons (Fsp3) is 0.556. The molecule has 4 rings (SSSR count). The molecule has 2 aliphatic rings. The second-order valence-electron chi connectivity index (χ2n) is 8.93. The third-order valence-corrected chi connectivity index (χ3v) is 6.52. The van der Waals surface area contributed by atoms with E-state index in [1.165, 1.54) is 63.8 Å². The van der Waals surface area contributed by atoms with E-state index < -0.39 is 0 Å². The first-order valence-corrected chi connectivity index (χ1v) is 12.3. The van der Waals surface area contributed by atoms with Crippen LogP contribution in [0.2, 0.25) is 0 Å². The molecule has 31 heavy (non-hydrogen) atoms. The van der Waals surface area contributed by atoms with Crippen LogP contribution in [-0.2, 0) is 0 Å². The van der Waals surface area contributed by atoms with Gasteiger partial charge in [-0.25, -0.2) is 0 Å². The van der Waals surface area contributed by atoms with Gasteiger partial charge in [0, 0.05) is 19.5 Å². The lowest BCUT2D eigenvalue weighted by atomic mass is 10.1. The molecular weight excluding hydrogens is 384 g/mol. The van der Waals surface area contributed by atoms with Crippen molar-refractivity contribution in [2.45, 2.75) is 51.0 Å². The molecule has 1 atom stereocenters. The number of piperidine rings is 1. The van der Waals surface area contributed by atoms with Crippen molar-refractivity contribution < 1.29 is 9.47 Å². The van der Waals surface area contributed by atoms with Crippen LogP contribution in [0, 0.1) is 0 Å². The van der Waals surface area contributed by atoms with Gasteiger partial charge in [0.15, 0.2) is 0 Å². The van der Waals surface area contributed by atoms with Crippen LogP contribution >= 0.6 is 0 Å². The van der Waals surface area contributed by atoms with E-state index >= 15 is 0 Å². The zero-order chi connectivity index (χ0) is 21.1. The SMILES string of the molecule is c1ccc(OC(CCN2CCCC2)c2ccc(OCCCN3CCCCC3)cc2)cc1. The molecule has 2 aromatic carbocycles. The van der Waals surface area contributed by atoms with Gasteiger partial charge in [-0.05, 0) is 88.1 Å². The van der Waals surface area contributed by atoms with E-state index in [0.29, 0.717) is 0 Å². The van der Waals surface area contributed by atoms with Crippen molar-refractivity contribution in [2.75, 3.05) is 45.9 Å². The molecule has 0 aromatic heterocycles. The summed E-state index contributed by atoms with van der Waals surface area (Å²) in [6.07, 6.45) is 8.92. The Morgan fingerprint density at radius 1 is 0.677 bits per heavy atom. The lowest BCUT2D eigenvalue weighted by molar-refractivity contribution is 0.172. The Bertz CT molecular complexity index is 738. The van der Waals surface area contributed by atoms with E-state index in [4.69, 9.17) is 9.47 Å². The van der Waals surface area contributed by atoms with Gasteiger partial charge in [0.1, 0.15) is 17.6 Å². The van der Waals surface area contributed by atoms with Crippen LogP contribution in [0.1, 0.15) is 56.6 Å². The summed E-state index contributed by atoms with van der Waals surface area (Å²) in [4.78, 5) is 5.13. The summed E-state index contributed by atoms with van der Waals surface area (Å²) in [7, 11) is 0. The molecule has 0 amide bonds. The highest BCUT2D eigenvalue weighted by atomic mass is 16.5. The van der Waals surface area contributed by atoms with Crippen molar-refractivity contribution in [3.63, 3.8) is 0 Å². The Labute approximate surface area is 188 Å². The van der Waals surface area contributed by atoms with Crippen molar-refractivity contribution in [2.24, 2.45) is 0 Å². The molecule has 0 aliphatic carbocycles. The van der Waals surface area contributed by atoms with Crippen LogP contribution in [0.5, 0.6) is 11.5 Å². The third-order valence-electron chi connectivity index (χ3n) is 6.52. The number of nitrogens with zero attached hydrogens (tertiary/aromatic N) is 2. The normalized spacial score (nSPS) is 18.7.